The lowest BCUT2D eigenvalue weighted by Gasteiger charge is -2.14. The van der Waals surface area contributed by atoms with Crippen molar-refractivity contribution in [2.45, 2.75) is 30.2 Å². The summed E-state index contributed by atoms with van der Waals surface area (Å²) >= 11 is 1.22. The Morgan fingerprint density at radius 1 is 1.56 bits per heavy atom. The largest absolute Gasteiger partial charge is 0.478 e. The van der Waals surface area contributed by atoms with E-state index in [2.05, 4.69) is 4.98 Å². The number of aliphatic hydroxyl groups excluding tert-OH is 1. The Morgan fingerprint density at radius 3 is 2.69 bits per heavy atom. The zero-order chi connectivity index (χ0) is 12.3. The molecule has 0 aliphatic rings. The Bertz CT molecular complexity index is 396. The molecule has 1 aromatic rings. The van der Waals surface area contributed by atoms with Crippen LogP contribution in [0.5, 0.6) is 0 Å². The van der Waals surface area contributed by atoms with Crippen LogP contribution in [0.15, 0.2) is 17.3 Å². The van der Waals surface area contributed by atoms with Gasteiger partial charge in [0.2, 0.25) is 0 Å². The summed E-state index contributed by atoms with van der Waals surface area (Å²) in [6, 6.07) is 1.37. The van der Waals surface area contributed by atoms with Gasteiger partial charge in [0, 0.05) is 5.25 Å². The molecule has 4 N–H and O–H groups in total. The van der Waals surface area contributed by atoms with E-state index in [9.17, 15) is 9.90 Å². The van der Waals surface area contributed by atoms with E-state index in [1.54, 1.807) is 13.8 Å². The van der Waals surface area contributed by atoms with Gasteiger partial charge in [0.25, 0.3) is 0 Å². The Balaban J connectivity index is 2.99. The van der Waals surface area contributed by atoms with E-state index in [4.69, 9.17) is 10.8 Å². The number of nitrogen functional groups attached to an aromatic ring is 1. The first-order valence-electron chi connectivity index (χ1n) is 4.75. The summed E-state index contributed by atoms with van der Waals surface area (Å²) in [7, 11) is 0. The number of nitrogens with two attached hydrogens (primary N) is 1. The molecule has 5 nitrogen and oxygen atoms in total. The van der Waals surface area contributed by atoms with Gasteiger partial charge in [-0.15, -0.1) is 0 Å². The van der Waals surface area contributed by atoms with Gasteiger partial charge < -0.3 is 15.9 Å². The van der Waals surface area contributed by atoms with Crippen molar-refractivity contribution >= 4 is 23.4 Å². The van der Waals surface area contributed by atoms with Crippen molar-refractivity contribution in [1.82, 2.24) is 4.98 Å². The maximum atomic E-state index is 11.0. The maximum absolute atomic E-state index is 11.0. The molecule has 0 aliphatic heterocycles. The van der Waals surface area contributed by atoms with Crippen molar-refractivity contribution < 1.29 is 15.0 Å². The number of aromatic carboxylic acids is 1. The highest BCUT2D eigenvalue weighted by molar-refractivity contribution is 8.00. The van der Waals surface area contributed by atoms with E-state index >= 15 is 0 Å². The van der Waals surface area contributed by atoms with Crippen LogP contribution in [0.1, 0.15) is 24.2 Å². The fourth-order valence-corrected chi connectivity index (χ4v) is 1.93. The van der Waals surface area contributed by atoms with Crippen molar-refractivity contribution in [2.24, 2.45) is 0 Å². The lowest BCUT2D eigenvalue weighted by Crippen LogP contribution is -2.16. The molecule has 0 spiro atoms. The number of aliphatic hydroxyl groups is 1. The quantitative estimate of drug-likeness (QED) is 0.687. The molecule has 0 bridgehead atoms. The number of anilines is 1. The number of hydrogen-bond acceptors (Lipinski definition) is 5. The number of thioether (sulfide) groups is 1. The second-order valence-corrected chi connectivity index (χ2v) is 4.86. The third kappa shape index (κ3) is 3.11. The fourth-order valence-electron chi connectivity index (χ4n) is 0.990. The van der Waals surface area contributed by atoms with Gasteiger partial charge in [0.15, 0.2) is 0 Å². The van der Waals surface area contributed by atoms with Crippen LogP contribution in [-0.2, 0) is 0 Å². The van der Waals surface area contributed by atoms with Crippen molar-refractivity contribution in [2.75, 3.05) is 5.73 Å². The molecule has 0 aliphatic carbocycles. The normalized spacial score (nSPS) is 14.4. The molecule has 2 atom stereocenters. The van der Waals surface area contributed by atoms with Gasteiger partial charge in [0.1, 0.15) is 5.03 Å². The van der Waals surface area contributed by atoms with Crippen LogP contribution in [-0.4, -0.2) is 32.5 Å². The fraction of sp³-hybridized carbons (Fsp3) is 0.400. The molecular weight excluding hydrogens is 228 g/mol. The minimum atomic E-state index is -1.07. The molecule has 1 heterocycles. The molecule has 0 saturated heterocycles. The summed E-state index contributed by atoms with van der Waals surface area (Å²) in [5, 5.41) is 18.6. The second-order valence-electron chi connectivity index (χ2n) is 3.49. The van der Waals surface area contributed by atoms with Crippen LogP contribution < -0.4 is 5.73 Å². The van der Waals surface area contributed by atoms with E-state index in [0.717, 1.165) is 0 Å². The summed E-state index contributed by atoms with van der Waals surface area (Å²) in [6.07, 6.45) is 0.870. The summed E-state index contributed by atoms with van der Waals surface area (Å²) in [6.45, 7) is 3.45. The molecule has 6 heteroatoms. The second kappa shape index (κ2) is 5.18. The summed E-state index contributed by atoms with van der Waals surface area (Å²) in [4.78, 5) is 14.9. The third-order valence-electron chi connectivity index (χ3n) is 2.08. The highest BCUT2D eigenvalue weighted by Crippen LogP contribution is 2.27. The van der Waals surface area contributed by atoms with Crippen molar-refractivity contribution in [3.8, 4) is 0 Å². The Hall–Kier alpha value is -1.27. The molecule has 88 valence electrons. The van der Waals surface area contributed by atoms with Crippen molar-refractivity contribution in [1.29, 1.82) is 0 Å². The predicted molar refractivity (Wildman–Crippen MR) is 62.6 cm³/mol. The number of aromatic nitrogens is 1. The molecule has 1 aromatic heterocycles. The van der Waals surface area contributed by atoms with Crippen LogP contribution in [0.3, 0.4) is 0 Å². The van der Waals surface area contributed by atoms with Crippen LogP contribution in [0.4, 0.5) is 5.69 Å². The minimum Gasteiger partial charge on any atom is -0.478 e. The van der Waals surface area contributed by atoms with Gasteiger partial charge >= 0.3 is 5.97 Å². The van der Waals surface area contributed by atoms with E-state index < -0.39 is 12.1 Å². The number of hydrogen-bond donors (Lipinski definition) is 3. The van der Waals surface area contributed by atoms with Gasteiger partial charge in [-0.25, -0.2) is 9.78 Å². The zero-order valence-electron chi connectivity index (χ0n) is 9.04. The van der Waals surface area contributed by atoms with E-state index in [0.29, 0.717) is 10.7 Å². The molecule has 0 saturated carbocycles. The number of pyridine rings is 1. The number of nitrogens with zero attached hydrogens (tertiary/aromatic N) is 1. The third-order valence-corrected chi connectivity index (χ3v) is 3.39. The Morgan fingerprint density at radius 2 is 2.19 bits per heavy atom. The molecule has 16 heavy (non-hydrogen) atoms. The summed E-state index contributed by atoms with van der Waals surface area (Å²) in [5.41, 5.74) is 5.85. The first-order valence-corrected chi connectivity index (χ1v) is 5.63. The molecule has 0 radical (unpaired) electrons. The first-order chi connectivity index (χ1) is 7.41. The highest BCUT2D eigenvalue weighted by atomic mass is 32.2. The molecule has 0 fully saturated rings. The Labute approximate surface area is 97.7 Å². The predicted octanol–water partition coefficient (Wildman–Crippen LogP) is 1.22. The molecule has 0 aromatic carbocycles. The van der Waals surface area contributed by atoms with E-state index in [-0.39, 0.29) is 10.8 Å². The van der Waals surface area contributed by atoms with Crippen LogP contribution in [0.2, 0.25) is 0 Å². The lowest BCUT2D eigenvalue weighted by molar-refractivity contribution is 0.0692. The lowest BCUT2D eigenvalue weighted by atomic mass is 10.3. The number of carbonyl (C=O) groups is 1. The standard InChI is InChI=1S/C10H14N2O3S/c1-5(13)6(2)16-9-8(10(14)15)3-7(11)4-12-9/h3-6,13H,11H2,1-2H3,(H,14,15). The SMILES string of the molecule is CC(O)C(C)Sc1ncc(N)cc1C(=O)O. The minimum absolute atomic E-state index is 0.0671. The molecule has 1 rings (SSSR count). The van der Waals surface area contributed by atoms with Gasteiger partial charge in [-0.05, 0) is 13.0 Å². The molecule has 0 amide bonds. The van der Waals surface area contributed by atoms with Crippen LogP contribution in [0.25, 0.3) is 0 Å². The van der Waals surface area contributed by atoms with E-state index in [1.165, 1.54) is 24.0 Å². The Kier molecular flexibility index (Phi) is 4.14. The number of rotatable bonds is 4. The first kappa shape index (κ1) is 12.8. The van der Waals surface area contributed by atoms with Crippen molar-refractivity contribution in [3.63, 3.8) is 0 Å². The summed E-state index contributed by atoms with van der Waals surface area (Å²) in [5.74, 6) is -1.07. The zero-order valence-corrected chi connectivity index (χ0v) is 9.86. The van der Waals surface area contributed by atoms with Crippen LogP contribution in [0, 0.1) is 0 Å². The van der Waals surface area contributed by atoms with E-state index in [1.807, 2.05) is 0 Å². The average molecular weight is 242 g/mol. The van der Waals surface area contributed by atoms with Crippen molar-refractivity contribution in [3.05, 3.63) is 17.8 Å². The van der Waals surface area contributed by atoms with Gasteiger partial charge in [-0.1, -0.05) is 18.7 Å². The topological polar surface area (TPSA) is 96.4 Å². The van der Waals surface area contributed by atoms with Gasteiger partial charge in [-0.3, -0.25) is 0 Å². The average Bonchev–Trinajstić information content (AvgIpc) is 2.20. The molecular formula is C10H14N2O3S. The highest BCUT2D eigenvalue weighted by Gasteiger charge is 2.17. The smallest absolute Gasteiger partial charge is 0.338 e. The molecule has 2 unspecified atom stereocenters. The maximum Gasteiger partial charge on any atom is 0.338 e. The van der Waals surface area contributed by atoms with Gasteiger partial charge in [0.05, 0.1) is 23.6 Å². The van der Waals surface area contributed by atoms with Crippen LogP contribution >= 0.6 is 11.8 Å². The summed E-state index contributed by atoms with van der Waals surface area (Å²) < 4.78 is 0. The van der Waals surface area contributed by atoms with Gasteiger partial charge in [-0.2, -0.15) is 0 Å². The number of carboxylic acids is 1. The number of carboxylic acid groups (broad SMARTS) is 1. The monoisotopic (exact) mass is 242 g/mol.